The van der Waals surface area contributed by atoms with E-state index in [9.17, 15) is 9.59 Å². The minimum atomic E-state index is -0.109. The van der Waals surface area contributed by atoms with Crippen LogP contribution in [0.5, 0.6) is 0 Å². The molecule has 0 rings (SSSR count). The Hall–Kier alpha value is -0.770. The van der Waals surface area contributed by atoms with Gasteiger partial charge in [-0.1, -0.05) is 24.8 Å². The molecular formula is C9H15NO2S. The Morgan fingerprint density at radius 2 is 2.23 bits per heavy atom. The van der Waals surface area contributed by atoms with E-state index in [2.05, 4.69) is 11.9 Å². The number of thioether (sulfide) groups is 1. The van der Waals surface area contributed by atoms with Gasteiger partial charge in [-0.05, 0) is 0 Å². The van der Waals surface area contributed by atoms with Gasteiger partial charge >= 0.3 is 0 Å². The Kier molecular flexibility index (Phi) is 6.32. The summed E-state index contributed by atoms with van der Waals surface area (Å²) in [6.07, 6.45) is 1.62. The summed E-state index contributed by atoms with van der Waals surface area (Å²) in [6.45, 7) is 7.34. The standard InChI is InChI=1S/C9H15NO2S/c1-4-7(2)9(12)13-6-5-10-8(3)11/h4,7H,1,5-6H2,2-3H3,(H,10,11)/t7-/m0/s1. The molecule has 3 nitrogen and oxygen atoms in total. The summed E-state index contributed by atoms with van der Waals surface area (Å²) < 4.78 is 0. The first kappa shape index (κ1) is 12.2. The van der Waals surface area contributed by atoms with Gasteiger partial charge in [0, 0.05) is 25.1 Å². The summed E-state index contributed by atoms with van der Waals surface area (Å²) in [6, 6.07) is 0. The Morgan fingerprint density at radius 1 is 1.62 bits per heavy atom. The van der Waals surface area contributed by atoms with Gasteiger partial charge in [0.05, 0.1) is 0 Å². The summed E-state index contributed by atoms with van der Waals surface area (Å²) in [5, 5.41) is 2.72. The van der Waals surface area contributed by atoms with Crippen LogP contribution < -0.4 is 5.32 Å². The van der Waals surface area contributed by atoms with Crippen molar-refractivity contribution in [3.05, 3.63) is 12.7 Å². The lowest BCUT2D eigenvalue weighted by Gasteiger charge is -2.04. The van der Waals surface area contributed by atoms with Crippen LogP contribution in [-0.2, 0) is 9.59 Å². The van der Waals surface area contributed by atoms with Gasteiger partial charge in [-0.15, -0.1) is 6.58 Å². The second-order valence-electron chi connectivity index (χ2n) is 2.67. The van der Waals surface area contributed by atoms with Crippen molar-refractivity contribution in [2.75, 3.05) is 12.3 Å². The Bertz CT molecular complexity index is 204. The van der Waals surface area contributed by atoms with Crippen molar-refractivity contribution < 1.29 is 9.59 Å². The van der Waals surface area contributed by atoms with Crippen molar-refractivity contribution in [1.82, 2.24) is 5.32 Å². The fourth-order valence-electron chi connectivity index (χ4n) is 0.606. The molecule has 13 heavy (non-hydrogen) atoms. The molecule has 4 heteroatoms. The summed E-state index contributed by atoms with van der Waals surface area (Å²) in [7, 11) is 0. The topological polar surface area (TPSA) is 46.2 Å². The molecule has 74 valence electrons. The van der Waals surface area contributed by atoms with Crippen LogP contribution in [0, 0.1) is 5.92 Å². The normalized spacial score (nSPS) is 11.8. The highest BCUT2D eigenvalue weighted by molar-refractivity contribution is 8.13. The van der Waals surface area contributed by atoms with Gasteiger partial charge in [-0.25, -0.2) is 0 Å². The zero-order chi connectivity index (χ0) is 10.3. The third-order valence-corrected chi connectivity index (χ3v) is 2.51. The van der Waals surface area contributed by atoms with Crippen LogP contribution in [0.15, 0.2) is 12.7 Å². The second-order valence-corrected chi connectivity index (χ2v) is 3.77. The molecule has 0 radical (unpaired) electrons. The highest BCUT2D eigenvalue weighted by Crippen LogP contribution is 2.10. The number of allylic oxidation sites excluding steroid dienone is 1. The zero-order valence-electron chi connectivity index (χ0n) is 8.00. The number of hydrogen-bond donors (Lipinski definition) is 1. The zero-order valence-corrected chi connectivity index (χ0v) is 8.82. The van der Waals surface area contributed by atoms with Crippen LogP contribution in [0.4, 0.5) is 0 Å². The van der Waals surface area contributed by atoms with Crippen LogP contribution in [0.25, 0.3) is 0 Å². The molecule has 1 amide bonds. The lowest BCUT2D eigenvalue weighted by molar-refractivity contribution is -0.119. The lowest BCUT2D eigenvalue weighted by atomic mass is 10.2. The summed E-state index contributed by atoms with van der Waals surface area (Å²) in [4.78, 5) is 21.7. The molecule has 0 saturated heterocycles. The van der Waals surface area contributed by atoms with E-state index in [0.29, 0.717) is 12.3 Å². The van der Waals surface area contributed by atoms with Crippen molar-refractivity contribution in [1.29, 1.82) is 0 Å². The number of carbonyl (C=O) groups is 2. The van der Waals surface area contributed by atoms with Gasteiger partial charge in [0.2, 0.25) is 5.91 Å². The molecular weight excluding hydrogens is 186 g/mol. The van der Waals surface area contributed by atoms with Crippen molar-refractivity contribution in [2.45, 2.75) is 13.8 Å². The van der Waals surface area contributed by atoms with Crippen LogP contribution in [0.2, 0.25) is 0 Å². The molecule has 0 bridgehead atoms. The van der Waals surface area contributed by atoms with E-state index in [1.165, 1.54) is 18.7 Å². The third kappa shape index (κ3) is 6.40. The monoisotopic (exact) mass is 201 g/mol. The average molecular weight is 201 g/mol. The van der Waals surface area contributed by atoms with E-state index in [1.54, 1.807) is 13.0 Å². The smallest absolute Gasteiger partial charge is 0.216 e. The average Bonchev–Trinajstić information content (AvgIpc) is 2.10. The number of rotatable bonds is 5. The molecule has 0 aromatic rings. The van der Waals surface area contributed by atoms with E-state index in [0.717, 1.165) is 0 Å². The van der Waals surface area contributed by atoms with E-state index in [4.69, 9.17) is 0 Å². The number of nitrogens with one attached hydrogen (secondary N) is 1. The third-order valence-electron chi connectivity index (χ3n) is 1.45. The molecule has 0 fully saturated rings. The molecule has 0 aliphatic carbocycles. The van der Waals surface area contributed by atoms with Gasteiger partial charge in [-0.3, -0.25) is 9.59 Å². The van der Waals surface area contributed by atoms with Gasteiger partial charge < -0.3 is 5.32 Å². The van der Waals surface area contributed by atoms with Crippen LogP contribution in [-0.4, -0.2) is 23.3 Å². The molecule has 0 unspecified atom stereocenters. The predicted molar refractivity (Wildman–Crippen MR) is 55.5 cm³/mol. The molecule has 1 atom stereocenters. The van der Waals surface area contributed by atoms with Crippen molar-refractivity contribution in [3.63, 3.8) is 0 Å². The van der Waals surface area contributed by atoms with Gasteiger partial charge in [-0.2, -0.15) is 0 Å². The number of hydrogen-bond acceptors (Lipinski definition) is 3. The molecule has 0 aromatic heterocycles. The maximum Gasteiger partial charge on any atom is 0.216 e. The minimum Gasteiger partial charge on any atom is -0.356 e. The van der Waals surface area contributed by atoms with Crippen LogP contribution in [0.1, 0.15) is 13.8 Å². The quantitative estimate of drug-likeness (QED) is 0.537. The first-order valence-corrected chi connectivity index (χ1v) is 5.10. The number of amides is 1. The summed E-state index contributed by atoms with van der Waals surface area (Å²) in [5.74, 6) is 0.448. The summed E-state index contributed by atoms with van der Waals surface area (Å²) >= 11 is 1.23. The minimum absolute atomic E-state index is 0.0650. The first-order chi connectivity index (χ1) is 6.07. The fraction of sp³-hybridized carbons (Fsp3) is 0.556. The molecule has 0 aliphatic heterocycles. The van der Waals surface area contributed by atoms with Gasteiger partial charge in [0.15, 0.2) is 5.12 Å². The molecule has 0 spiro atoms. The maximum atomic E-state index is 11.2. The van der Waals surface area contributed by atoms with Gasteiger partial charge in [0.25, 0.3) is 0 Å². The van der Waals surface area contributed by atoms with Crippen LogP contribution in [0.3, 0.4) is 0 Å². The van der Waals surface area contributed by atoms with E-state index < -0.39 is 0 Å². The molecule has 0 aliphatic rings. The second kappa shape index (κ2) is 6.71. The van der Waals surface area contributed by atoms with Crippen molar-refractivity contribution >= 4 is 22.8 Å². The van der Waals surface area contributed by atoms with E-state index in [1.807, 2.05) is 0 Å². The largest absolute Gasteiger partial charge is 0.356 e. The first-order valence-electron chi connectivity index (χ1n) is 4.11. The summed E-state index contributed by atoms with van der Waals surface area (Å²) in [5.41, 5.74) is 0. The number of carbonyl (C=O) groups excluding carboxylic acids is 2. The fourth-order valence-corrected chi connectivity index (χ4v) is 1.37. The highest BCUT2D eigenvalue weighted by atomic mass is 32.2. The SMILES string of the molecule is C=C[C@H](C)C(=O)SCCNC(C)=O. The Labute approximate surface area is 83.0 Å². The van der Waals surface area contributed by atoms with Crippen molar-refractivity contribution in [2.24, 2.45) is 5.92 Å². The Morgan fingerprint density at radius 3 is 2.69 bits per heavy atom. The lowest BCUT2D eigenvalue weighted by Crippen LogP contribution is -2.23. The van der Waals surface area contributed by atoms with Crippen molar-refractivity contribution in [3.8, 4) is 0 Å². The van der Waals surface area contributed by atoms with E-state index in [-0.39, 0.29) is 16.9 Å². The molecule has 0 aromatic carbocycles. The van der Waals surface area contributed by atoms with E-state index >= 15 is 0 Å². The maximum absolute atomic E-state index is 11.2. The molecule has 0 heterocycles. The van der Waals surface area contributed by atoms with Gasteiger partial charge in [0.1, 0.15) is 0 Å². The van der Waals surface area contributed by atoms with Crippen LogP contribution >= 0.6 is 11.8 Å². The highest BCUT2D eigenvalue weighted by Gasteiger charge is 2.08. The Balaban J connectivity index is 3.48. The molecule has 0 saturated carbocycles. The molecule has 1 N–H and O–H groups in total. The predicted octanol–water partition coefficient (Wildman–Crippen LogP) is 1.20.